The standard InChI is InChI=1S/C67H44N2.C67H46N2/c1-4-16-45(17-5-1)47-28-34-52(35-29-47)68(51-20-8-3-9-21-51)54-38-40-58-57-39-32-50(43-63(57)67(64(58)44-54)61-25-13-10-22-55(61)56-23-11-14-26-62(56)67)49-33-41-66-60(42-49)59-24-12-15-27-65(59)69(66)53-36-30-48(31-37-53)46-18-6-2-7-19-46;1-6-18-47(19-7-1)49-30-36-56(37-31-49)68(55-26-14-5-15-27-55)58-40-42-60-59-41-34-52(45-63(59)67(64(60)46-58,53-22-10-3-11-23-53)54-24-12-4-13-25-54)51-35-43-66-62(44-51)61-28-16-17-29-65(61)69(66)57-38-32-50(33-39-57)48-20-8-2-9-21-48/h1-44H;1-46H. The van der Waals surface area contributed by atoms with Crippen LogP contribution >= 0.6 is 0 Å². The topological polar surface area (TPSA) is 16.3 Å². The van der Waals surface area contributed by atoms with Gasteiger partial charge in [-0.15, -0.1) is 0 Å². The second-order valence-corrected chi connectivity index (χ2v) is 36.5. The normalized spacial score (nSPS) is 12.6. The second kappa shape index (κ2) is 33.6. The van der Waals surface area contributed by atoms with Crippen molar-refractivity contribution in [2.45, 2.75) is 10.8 Å². The molecule has 3 aliphatic carbocycles. The molecule has 1 spiro atoms. The summed E-state index contributed by atoms with van der Waals surface area (Å²) in [7, 11) is 0. The molecule has 138 heavy (non-hydrogen) atoms. The summed E-state index contributed by atoms with van der Waals surface area (Å²) in [5.74, 6) is 0. The number of hydrogen-bond donors (Lipinski definition) is 0. The van der Waals surface area contributed by atoms with Crippen LogP contribution in [0, 0.1) is 0 Å². The fraction of sp³-hybridized carbons (Fsp3) is 0.0149. The molecule has 2 aromatic heterocycles. The number of rotatable bonds is 16. The summed E-state index contributed by atoms with van der Waals surface area (Å²) >= 11 is 0. The van der Waals surface area contributed by atoms with Gasteiger partial charge in [-0.3, -0.25) is 0 Å². The van der Waals surface area contributed by atoms with Crippen LogP contribution in [0.2, 0.25) is 0 Å². The maximum absolute atomic E-state index is 2.51. The first-order valence-corrected chi connectivity index (χ1v) is 47.7. The molecule has 0 unspecified atom stereocenters. The maximum Gasteiger partial charge on any atom is 0.0726 e. The van der Waals surface area contributed by atoms with Gasteiger partial charge in [-0.1, -0.05) is 400 Å². The zero-order chi connectivity index (χ0) is 91.2. The summed E-state index contributed by atoms with van der Waals surface area (Å²) < 4.78 is 4.82. The summed E-state index contributed by atoms with van der Waals surface area (Å²) in [6.45, 7) is 0. The van der Waals surface area contributed by atoms with Gasteiger partial charge in [0.25, 0.3) is 0 Å². The quantitative estimate of drug-likeness (QED) is 0.0959. The molecule has 2 heterocycles. The molecule has 0 saturated heterocycles. The van der Waals surface area contributed by atoms with Gasteiger partial charge in [-0.25, -0.2) is 0 Å². The largest absolute Gasteiger partial charge is 0.310 e. The van der Waals surface area contributed by atoms with Crippen molar-refractivity contribution < 1.29 is 0 Å². The van der Waals surface area contributed by atoms with Crippen molar-refractivity contribution in [3.8, 4) is 112 Å². The van der Waals surface area contributed by atoms with Crippen LogP contribution in [-0.4, -0.2) is 9.13 Å². The Morgan fingerprint density at radius 2 is 0.377 bits per heavy atom. The van der Waals surface area contributed by atoms with Crippen molar-refractivity contribution in [2.24, 2.45) is 0 Å². The molecule has 0 amide bonds. The molecular formula is C134H90N4. The zero-order valence-electron chi connectivity index (χ0n) is 75.8. The van der Waals surface area contributed by atoms with Gasteiger partial charge in [0, 0.05) is 67.0 Å². The van der Waals surface area contributed by atoms with Crippen molar-refractivity contribution in [1.29, 1.82) is 0 Å². The minimum atomic E-state index is -0.606. The van der Waals surface area contributed by atoms with Gasteiger partial charge >= 0.3 is 0 Å². The predicted molar refractivity (Wildman–Crippen MR) is 577 cm³/mol. The number of para-hydroxylation sites is 4. The molecule has 0 bridgehead atoms. The van der Waals surface area contributed by atoms with E-state index in [4.69, 9.17) is 0 Å². The fourth-order valence-corrected chi connectivity index (χ4v) is 22.9. The van der Waals surface area contributed by atoms with Crippen LogP contribution in [0.4, 0.5) is 34.1 Å². The predicted octanol–water partition coefficient (Wildman–Crippen LogP) is 35.2. The average Bonchev–Trinajstić information content (AvgIpc) is 1.50. The Kier molecular flexibility index (Phi) is 19.7. The van der Waals surface area contributed by atoms with E-state index in [9.17, 15) is 0 Å². The Balaban J connectivity index is 0.000000143. The molecule has 27 rings (SSSR count). The number of benzene rings is 22. The second-order valence-electron chi connectivity index (χ2n) is 36.5. The van der Waals surface area contributed by atoms with Crippen molar-refractivity contribution >= 4 is 77.7 Å². The number of aromatic nitrogens is 2. The highest BCUT2D eigenvalue weighted by molar-refractivity contribution is 6.12. The van der Waals surface area contributed by atoms with E-state index in [2.05, 4.69) is 565 Å². The molecule has 0 radical (unpaired) electrons. The van der Waals surface area contributed by atoms with Crippen molar-refractivity contribution in [1.82, 2.24) is 9.13 Å². The molecule has 0 fully saturated rings. The SMILES string of the molecule is c1ccc(-c2ccc(N(c3ccccc3)c3ccc4c(c3)C(c3ccccc3)(c3ccccc3)c3cc(-c5ccc6c(c5)c5ccccc5n6-c5ccc(-c6ccccc6)cc5)ccc3-4)cc2)cc1.c1ccc(-c2ccc(N(c3ccccc3)c3ccc4c(c3)C3(c5ccccc5-c5ccccc53)c3cc(-c5ccc6c(c5)c5ccccc5n6-c5ccc(-c6ccccc6)cc5)ccc3-4)cc2)cc1. The lowest BCUT2D eigenvalue weighted by atomic mass is 9.67. The van der Waals surface area contributed by atoms with E-state index in [0.717, 1.165) is 45.5 Å². The Hall–Kier alpha value is -18.0. The molecule has 646 valence electrons. The Morgan fingerprint density at radius 1 is 0.138 bits per heavy atom. The number of nitrogens with zero attached hydrogens (tertiary/aromatic N) is 4. The van der Waals surface area contributed by atoms with E-state index in [1.807, 2.05) is 0 Å². The molecule has 0 aliphatic heterocycles. The first-order chi connectivity index (χ1) is 68.4. The third-order valence-electron chi connectivity index (χ3n) is 29.1. The molecule has 22 aromatic carbocycles. The van der Waals surface area contributed by atoms with Gasteiger partial charge in [0.1, 0.15) is 0 Å². The molecule has 4 heteroatoms. The molecule has 24 aromatic rings. The first kappa shape index (κ1) is 80.9. The summed E-state index contributed by atoms with van der Waals surface area (Å²) in [6, 6.07) is 201. The monoisotopic (exact) mass is 1750 g/mol. The molecular weight excluding hydrogens is 1670 g/mol. The lowest BCUT2D eigenvalue weighted by molar-refractivity contribution is 0.768. The van der Waals surface area contributed by atoms with E-state index in [1.165, 1.54) is 188 Å². The first-order valence-electron chi connectivity index (χ1n) is 47.7. The smallest absolute Gasteiger partial charge is 0.0726 e. The van der Waals surface area contributed by atoms with Crippen molar-refractivity contribution in [2.75, 3.05) is 9.80 Å². The van der Waals surface area contributed by atoms with E-state index in [1.54, 1.807) is 0 Å². The van der Waals surface area contributed by atoms with Gasteiger partial charge in [0.05, 0.1) is 32.9 Å². The maximum atomic E-state index is 2.51. The van der Waals surface area contributed by atoms with Gasteiger partial charge in [-0.2, -0.15) is 0 Å². The molecule has 4 nitrogen and oxygen atoms in total. The van der Waals surface area contributed by atoms with Gasteiger partial charge in [-0.05, 0) is 290 Å². The highest BCUT2D eigenvalue weighted by Gasteiger charge is 2.53. The lowest BCUT2D eigenvalue weighted by Crippen LogP contribution is -2.28. The minimum Gasteiger partial charge on any atom is -0.310 e. The van der Waals surface area contributed by atoms with E-state index in [-0.39, 0.29) is 0 Å². The van der Waals surface area contributed by atoms with Crippen LogP contribution in [0.15, 0.2) is 546 Å². The Bertz CT molecular complexity index is 8230. The summed E-state index contributed by atoms with van der Waals surface area (Å²) in [5, 5.41) is 4.96. The molecule has 0 atom stereocenters. The van der Waals surface area contributed by atoms with Gasteiger partial charge in [0.15, 0.2) is 0 Å². The van der Waals surface area contributed by atoms with Crippen LogP contribution < -0.4 is 9.80 Å². The van der Waals surface area contributed by atoms with Gasteiger partial charge in [0.2, 0.25) is 0 Å². The molecule has 3 aliphatic rings. The minimum absolute atomic E-state index is 0.532. The highest BCUT2D eigenvalue weighted by Crippen LogP contribution is 2.65. The molecule has 0 N–H and O–H groups in total. The number of hydrogen-bond acceptors (Lipinski definition) is 2. The number of anilines is 6. The van der Waals surface area contributed by atoms with Crippen LogP contribution in [0.5, 0.6) is 0 Å². The average molecular weight is 1760 g/mol. The fourth-order valence-electron chi connectivity index (χ4n) is 22.9. The van der Waals surface area contributed by atoms with E-state index >= 15 is 0 Å². The van der Waals surface area contributed by atoms with E-state index in [0.29, 0.717) is 0 Å². The summed E-state index contributed by atoms with van der Waals surface area (Å²) in [4.78, 5) is 4.81. The lowest BCUT2D eigenvalue weighted by Gasteiger charge is -2.35. The molecule has 0 saturated carbocycles. The highest BCUT2D eigenvalue weighted by atomic mass is 15.1. The van der Waals surface area contributed by atoms with Crippen LogP contribution in [0.25, 0.3) is 155 Å². The Morgan fingerprint density at radius 3 is 0.754 bits per heavy atom. The van der Waals surface area contributed by atoms with Crippen LogP contribution in [0.3, 0.4) is 0 Å². The zero-order valence-corrected chi connectivity index (χ0v) is 75.8. The number of fused-ring (bicyclic) bond motifs is 19. The summed E-state index contributed by atoms with van der Waals surface area (Å²) in [5.41, 5.74) is 45.0. The van der Waals surface area contributed by atoms with Crippen molar-refractivity contribution in [3.05, 3.63) is 590 Å². The van der Waals surface area contributed by atoms with E-state index < -0.39 is 10.8 Å². The van der Waals surface area contributed by atoms with Crippen molar-refractivity contribution in [3.63, 3.8) is 0 Å². The van der Waals surface area contributed by atoms with Crippen LogP contribution in [-0.2, 0) is 10.8 Å². The summed E-state index contributed by atoms with van der Waals surface area (Å²) in [6.07, 6.45) is 0. The van der Waals surface area contributed by atoms with Gasteiger partial charge < -0.3 is 18.9 Å². The van der Waals surface area contributed by atoms with Crippen LogP contribution in [0.1, 0.15) is 44.5 Å². The third kappa shape index (κ3) is 13.3. The Labute approximate surface area is 803 Å². The third-order valence-corrected chi connectivity index (χ3v) is 29.1.